The first-order chi connectivity index (χ1) is 7.00. The van der Waals surface area contributed by atoms with Crippen molar-refractivity contribution in [1.29, 1.82) is 0 Å². The van der Waals surface area contributed by atoms with E-state index in [1.54, 1.807) is 0 Å². The van der Waals surface area contributed by atoms with E-state index in [1.807, 2.05) is 12.5 Å². The van der Waals surface area contributed by atoms with Crippen LogP contribution in [0.25, 0.3) is 0 Å². The smallest absolute Gasteiger partial charge is 0.0945 e. The Morgan fingerprint density at radius 2 is 2.27 bits per heavy atom. The standard InChI is InChI=1S/C12H19BrN2/c1-12(2)5-4-9(13)6-10(12)11-7-14-8-15(11)3/h7-10H,4-6H2,1-3H3. The molecule has 0 amide bonds. The van der Waals surface area contributed by atoms with Crippen LogP contribution in [0.3, 0.4) is 0 Å². The predicted octanol–water partition coefficient (Wildman–Crippen LogP) is 3.48. The van der Waals surface area contributed by atoms with Crippen LogP contribution in [-0.4, -0.2) is 14.4 Å². The molecule has 2 rings (SSSR count). The van der Waals surface area contributed by atoms with Gasteiger partial charge in [0.1, 0.15) is 0 Å². The molecule has 84 valence electrons. The summed E-state index contributed by atoms with van der Waals surface area (Å²) in [5, 5.41) is 0. The lowest BCUT2D eigenvalue weighted by Gasteiger charge is -2.40. The number of alkyl halides is 1. The van der Waals surface area contributed by atoms with Crippen LogP contribution >= 0.6 is 15.9 Å². The molecular weight excluding hydrogens is 252 g/mol. The largest absolute Gasteiger partial charge is 0.337 e. The molecule has 2 atom stereocenters. The Hall–Kier alpha value is -0.310. The third-order valence-corrected chi connectivity index (χ3v) is 4.58. The summed E-state index contributed by atoms with van der Waals surface area (Å²) >= 11 is 3.76. The molecule has 0 radical (unpaired) electrons. The highest BCUT2D eigenvalue weighted by Gasteiger charge is 2.37. The number of nitrogens with zero attached hydrogens (tertiary/aromatic N) is 2. The average Bonchev–Trinajstić information content (AvgIpc) is 2.56. The van der Waals surface area contributed by atoms with Crippen molar-refractivity contribution in [2.45, 2.75) is 43.9 Å². The minimum absolute atomic E-state index is 0.401. The summed E-state index contributed by atoms with van der Waals surface area (Å²) < 4.78 is 2.16. The quantitative estimate of drug-likeness (QED) is 0.715. The first-order valence-corrected chi connectivity index (χ1v) is 6.52. The maximum absolute atomic E-state index is 4.24. The van der Waals surface area contributed by atoms with E-state index in [0.29, 0.717) is 16.2 Å². The predicted molar refractivity (Wildman–Crippen MR) is 66.3 cm³/mol. The molecule has 2 unspecified atom stereocenters. The molecule has 1 aliphatic carbocycles. The van der Waals surface area contributed by atoms with Gasteiger partial charge in [0.25, 0.3) is 0 Å². The van der Waals surface area contributed by atoms with Crippen LogP contribution in [0.2, 0.25) is 0 Å². The normalized spacial score (nSPS) is 30.4. The first kappa shape index (κ1) is 11.2. The number of hydrogen-bond acceptors (Lipinski definition) is 1. The molecule has 15 heavy (non-hydrogen) atoms. The SMILES string of the molecule is Cn1cncc1C1CC(Br)CCC1(C)C. The van der Waals surface area contributed by atoms with Crippen molar-refractivity contribution in [3.8, 4) is 0 Å². The molecule has 2 nitrogen and oxygen atoms in total. The van der Waals surface area contributed by atoms with Crippen LogP contribution in [0.15, 0.2) is 12.5 Å². The minimum atomic E-state index is 0.401. The molecule has 1 aromatic heterocycles. The number of imidazole rings is 1. The van der Waals surface area contributed by atoms with E-state index in [2.05, 4.69) is 46.4 Å². The fourth-order valence-electron chi connectivity index (χ4n) is 2.62. The Morgan fingerprint density at radius 1 is 1.53 bits per heavy atom. The lowest BCUT2D eigenvalue weighted by molar-refractivity contribution is 0.199. The van der Waals surface area contributed by atoms with E-state index in [1.165, 1.54) is 25.0 Å². The molecule has 1 saturated carbocycles. The van der Waals surface area contributed by atoms with Gasteiger partial charge in [-0.1, -0.05) is 29.8 Å². The monoisotopic (exact) mass is 270 g/mol. The average molecular weight is 271 g/mol. The van der Waals surface area contributed by atoms with E-state index < -0.39 is 0 Å². The van der Waals surface area contributed by atoms with Crippen molar-refractivity contribution in [1.82, 2.24) is 9.55 Å². The second kappa shape index (κ2) is 3.93. The van der Waals surface area contributed by atoms with Crippen molar-refractivity contribution >= 4 is 15.9 Å². The van der Waals surface area contributed by atoms with Crippen molar-refractivity contribution in [3.63, 3.8) is 0 Å². The van der Waals surface area contributed by atoms with Gasteiger partial charge in [-0.25, -0.2) is 4.98 Å². The van der Waals surface area contributed by atoms with E-state index in [0.717, 1.165) is 0 Å². The van der Waals surface area contributed by atoms with Crippen LogP contribution in [0.1, 0.15) is 44.7 Å². The fourth-order valence-corrected chi connectivity index (χ4v) is 3.22. The molecule has 0 bridgehead atoms. The number of halogens is 1. The van der Waals surface area contributed by atoms with Crippen LogP contribution in [-0.2, 0) is 7.05 Å². The van der Waals surface area contributed by atoms with Gasteiger partial charge in [0.05, 0.1) is 6.33 Å². The van der Waals surface area contributed by atoms with Gasteiger partial charge in [-0.15, -0.1) is 0 Å². The molecule has 0 aromatic carbocycles. The highest BCUT2D eigenvalue weighted by molar-refractivity contribution is 9.09. The number of rotatable bonds is 1. The molecule has 1 fully saturated rings. The summed E-state index contributed by atoms with van der Waals surface area (Å²) in [6.45, 7) is 4.76. The zero-order chi connectivity index (χ0) is 11.1. The Bertz CT molecular complexity index is 343. The summed E-state index contributed by atoms with van der Waals surface area (Å²) in [6.07, 6.45) is 7.74. The molecule has 0 aliphatic heterocycles. The van der Waals surface area contributed by atoms with E-state index in [4.69, 9.17) is 0 Å². The third-order valence-electron chi connectivity index (χ3n) is 3.75. The highest BCUT2D eigenvalue weighted by atomic mass is 79.9. The number of aryl methyl sites for hydroxylation is 1. The second-order valence-corrected chi connectivity index (χ2v) is 6.64. The van der Waals surface area contributed by atoms with Crippen LogP contribution in [0.4, 0.5) is 0 Å². The molecule has 1 heterocycles. The van der Waals surface area contributed by atoms with E-state index >= 15 is 0 Å². The molecule has 3 heteroatoms. The highest BCUT2D eigenvalue weighted by Crippen LogP contribution is 2.48. The van der Waals surface area contributed by atoms with Crippen molar-refractivity contribution in [2.24, 2.45) is 12.5 Å². The van der Waals surface area contributed by atoms with Gasteiger partial charge >= 0.3 is 0 Å². The van der Waals surface area contributed by atoms with Gasteiger partial charge < -0.3 is 4.57 Å². The lowest BCUT2D eigenvalue weighted by atomic mass is 9.67. The Morgan fingerprint density at radius 3 is 2.87 bits per heavy atom. The molecule has 0 spiro atoms. The number of hydrogen-bond donors (Lipinski definition) is 0. The van der Waals surface area contributed by atoms with Crippen molar-refractivity contribution < 1.29 is 0 Å². The van der Waals surface area contributed by atoms with Gasteiger partial charge in [-0.3, -0.25) is 0 Å². The van der Waals surface area contributed by atoms with Crippen molar-refractivity contribution in [3.05, 3.63) is 18.2 Å². The molecule has 0 saturated heterocycles. The lowest BCUT2D eigenvalue weighted by Crippen LogP contribution is -2.31. The molecule has 1 aliphatic rings. The zero-order valence-corrected chi connectivity index (χ0v) is 11.3. The van der Waals surface area contributed by atoms with Crippen LogP contribution in [0, 0.1) is 5.41 Å². The minimum Gasteiger partial charge on any atom is -0.337 e. The molecular formula is C12H19BrN2. The summed E-state index contributed by atoms with van der Waals surface area (Å²) in [5.41, 5.74) is 1.78. The Balaban J connectivity index is 2.29. The Kier molecular flexibility index (Phi) is 2.93. The first-order valence-electron chi connectivity index (χ1n) is 5.61. The Labute approximate surface area is 100 Å². The van der Waals surface area contributed by atoms with Crippen LogP contribution < -0.4 is 0 Å². The second-order valence-electron chi connectivity index (χ2n) is 5.34. The summed E-state index contributed by atoms with van der Waals surface area (Å²) in [7, 11) is 2.09. The van der Waals surface area contributed by atoms with Gasteiger partial charge in [0, 0.05) is 29.7 Å². The summed E-state index contributed by atoms with van der Waals surface area (Å²) in [6, 6.07) is 0. The summed E-state index contributed by atoms with van der Waals surface area (Å²) in [5.74, 6) is 0.628. The molecule has 0 N–H and O–H groups in total. The third kappa shape index (κ3) is 2.12. The maximum Gasteiger partial charge on any atom is 0.0945 e. The molecule has 1 aromatic rings. The van der Waals surface area contributed by atoms with Crippen LogP contribution in [0.5, 0.6) is 0 Å². The van der Waals surface area contributed by atoms with Gasteiger partial charge in [0.15, 0.2) is 0 Å². The topological polar surface area (TPSA) is 17.8 Å². The van der Waals surface area contributed by atoms with E-state index in [9.17, 15) is 0 Å². The summed E-state index contributed by atoms with van der Waals surface area (Å²) in [4.78, 5) is 4.91. The van der Waals surface area contributed by atoms with Crippen molar-refractivity contribution in [2.75, 3.05) is 0 Å². The fraction of sp³-hybridized carbons (Fsp3) is 0.750. The van der Waals surface area contributed by atoms with E-state index in [-0.39, 0.29) is 0 Å². The van der Waals surface area contributed by atoms with Gasteiger partial charge in [0.2, 0.25) is 0 Å². The number of aromatic nitrogens is 2. The van der Waals surface area contributed by atoms with Gasteiger partial charge in [-0.2, -0.15) is 0 Å². The van der Waals surface area contributed by atoms with Gasteiger partial charge in [-0.05, 0) is 24.7 Å². The maximum atomic E-state index is 4.24. The zero-order valence-electron chi connectivity index (χ0n) is 9.70.